The van der Waals surface area contributed by atoms with Crippen LogP contribution >= 0.6 is 0 Å². The van der Waals surface area contributed by atoms with Gasteiger partial charge in [0.15, 0.2) is 0 Å². The number of hydrogen-bond donors (Lipinski definition) is 0. The summed E-state index contributed by atoms with van der Waals surface area (Å²) < 4.78 is 0. The zero-order chi connectivity index (χ0) is 96.1. The summed E-state index contributed by atoms with van der Waals surface area (Å²) in [7, 11) is 0. The number of benzene rings is 14. The zero-order valence-electron chi connectivity index (χ0n) is 79.5. The quantitative estimate of drug-likeness (QED) is 0.0558. The molecule has 7 nitrogen and oxygen atoms in total. The van der Waals surface area contributed by atoms with Crippen LogP contribution in [0.3, 0.4) is 0 Å². The van der Waals surface area contributed by atoms with Gasteiger partial charge in [-0.15, -0.1) is 214 Å². The van der Waals surface area contributed by atoms with E-state index in [1.807, 2.05) is 268 Å². The summed E-state index contributed by atoms with van der Waals surface area (Å²) in [4.78, 5) is 29.1. The van der Waals surface area contributed by atoms with Crippen LogP contribution in [-0.2, 0) is 53.1 Å². The van der Waals surface area contributed by atoms with E-state index in [1.54, 1.807) is 0 Å². The largest absolute Gasteiger partial charge is 3.00 e. The van der Waals surface area contributed by atoms with E-state index in [2.05, 4.69) is 344 Å². The third-order valence-electron chi connectivity index (χ3n) is 22.9. The third-order valence-corrected chi connectivity index (χ3v) is 22.9. The molecular formula is C132H107Ir2N7. The molecule has 0 aliphatic carbocycles. The van der Waals surface area contributed by atoms with Crippen LogP contribution in [0.25, 0.3) is 165 Å². The fourth-order valence-corrected chi connectivity index (χ4v) is 15.7. The molecular weight excluding hydrogens is 2070 g/mol. The summed E-state index contributed by atoms with van der Waals surface area (Å²) >= 11 is 0. The monoisotopic (exact) mass is 2180 g/mol. The molecule has 0 N–H and O–H groups in total. The van der Waals surface area contributed by atoms with E-state index in [0.717, 1.165) is 170 Å². The van der Waals surface area contributed by atoms with Gasteiger partial charge in [-0.1, -0.05) is 303 Å². The number of rotatable bonds is 24. The van der Waals surface area contributed by atoms with Crippen molar-refractivity contribution >= 4 is 47.4 Å². The summed E-state index contributed by atoms with van der Waals surface area (Å²) in [5.41, 5.74) is 37.2. The standard InChI is InChI=1S/C33H25N2.2C21H20N.3C19H14N.2Ir/c1-3-25-11-17-30(18-12-25)35(31-19-13-26(4-2)14-20-31)32-21-15-27(16-22-32)28-8-7-9-29(24-28)33-10-5-6-23-34-33;2*1-16(2)14-17-9-11-18(12-10-17)19-6-5-7-20(15-19)21-8-3-4-13-22-21;3*1-2-15-7-6-10-17(13-15)18-11-12-19(20-14-18)16-8-4-3-5-9-16;;/h3-8,10-24H,1-2H2;2*3-6,8-13,15-16H,14H2,1-2H3;3*2-8,10-14H,1H2;;/q6*-1;2*+3. The second kappa shape index (κ2) is 52.9. The Morgan fingerprint density at radius 1 is 0.220 bits per heavy atom. The van der Waals surface area contributed by atoms with Crippen molar-refractivity contribution in [3.8, 4) is 134 Å². The summed E-state index contributed by atoms with van der Waals surface area (Å²) in [6, 6.07) is 160. The number of pyridine rings is 6. The molecule has 0 saturated heterocycles. The summed E-state index contributed by atoms with van der Waals surface area (Å²) in [6.07, 6.45) is 22.7. The van der Waals surface area contributed by atoms with E-state index in [4.69, 9.17) is 0 Å². The Kier molecular flexibility index (Phi) is 38.4. The van der Waals surface area contributed by atoms with Crippen molar-refractivity contribution < 1.29 is 40.2 Å². The Hall–Kier alpha value is -16.2. The number of nitrogens with zero attached hydrogens (tertiary/aromatic N) is 7. The molecule has 20 aromatic rings. The minimum Gasteiger partial charge on any atom is -0.311 e. The molecule has 6 aromatic heterocycles. The first-order valence-corrected chi connectivity index (χ1v) is 46.6. The van der Waals surface area contributed by atoms with Gasteiger partial charge in [0.25, 0.3) is 0 Å². The van der Waals surface area contributed by atoms with Crippen molar-refractivity contribution in [1.82, 2.24) is 29.9 Å². The van der Waals surface area contributed by atoms with E-state index in [1.165, 1.54) is 33.4 Å². The molecule has 0 spiro atoms. The molecule has 20 rings (SSSR count). The van der Waals surface area contributed by atoms with Crippen LogP contribution in [0.5, 0.6) is 0 Å². The Labute approximate surface area is 860 Å². The van der Waals surface area contributed by atoms with Gasteiger partial charge in [0.1, 0.15) is 0 Å². The normalized spacial score (nSPS) is 10.3. The Morgan fingerprint density at radius 3 is 0.738 bits per heavy atom. The van der Waals surface area contributed by atoms with Crippen LogP contribution in [-0.4, -0.2) is 29.9 Å². The van der Waals surface area contributed by atoms with Gasteiger partial charge in [-0.05, 0) is 221 Å². The SMILES string of the molecule is C=Cc1ccc(N(c2ccc(C=C)cc2)c2ccc(-c3cc[c-]c(-c4ccccn4)c3)cc2)cc1.C=Cc1cccc(-c2ccc(-c3[c-]cccc3)nc2)c1.C=Cc1cccc(-c2ccc(-c3[c-]cccc3)nc2)c1.C=Cc1cccc(-c2ccc(-c3[c-]cccc3)nc2)c1.CC(C)Cc1ccc(-c2cc[c-]c(-c3ccccn3)c2)cc1.CC(C)Cc1ccc(-c2cc[c-]c(-c3ccccn3)c2)cc1.[Ir+3].[Ir+3]. The average molecular weight is 2180 g/mol. The van der Waals surface area contributed by atoms with Gasteiger partial charge in [0.05, 0.1) is 0 Å². The molecule has 0 unspecified atom stereocenters. The van der Waals surface area contributed by atoms with Crippen molar-refractivity contribution in [3.05, 3.63) is 558 Å². The topological polar surface area (TPSA) is 80.6 Å². The molecule has 0 atom stereocenters. The Bertz CT molecular complexity index is 6800. The van der Waals surface area contributed by atoms with E-state index in [9.17, 15) is 0 Å². The van der Waals surface area contributed by atoms with Crippen LogP contribution in [0, 0.1) is 48.2 Å². The third kappa shape index (κ3) is 29.4. The number of hydrogen-bond acceptors (Lipinski definition) is 7. The smallest absolute Gasteiger partial charge is 0.311 e. The second-order valence-corrected chi connectivity index (χ2v) is 33.8. The minimum atomic E-state index is 0. The van der Waals surface area contributed by atoms with Crippen LogP contribution in [0.2, 0.25) is 0 Å². The summed E-state index contributed by atoms with van der Waals surface area (Å²) in [5.74, 6) is 1.38. The summed E-state index contributed by atoms with van der Waals surface area (Å²) in [5, 5.41) is 0. The van der Waals surface area contributed by atoms with Crippen LogP contribution in [0.1, 0.15) is 66.6 Å². The minimum absolute atomic E-state index is 0. The van der Waals surface area contributed by atoms with Crippen LogP contribution < -0.4 is 4.90 Å². The van der Waals surface area contributed by atoms with Crippen LogP contribution in [0.4, 0.5) is 17.1 Å². The fraction of sp³-hybridized carbons (Fsp3) is 0.0606. The van der Waals surface area contributed by atoms with Gasteiger partial charge in [-0.25, -0.2) is 0 Å². The van der Waals surface area contributed by atoms with E-state index >= 15 is 0 Å². The molecule has 688 valence electrons. The first kappa shape index (κ1) is 102. The van der Waals surface area contributed by atoms with Gasteiger partial charge in [-0.2, -0.15) is 0 Å². The Morgan fingerprint density at radius 2 is 0.482 bits per heavy atom. The predicted molar refractivity (Wildman–Crippen MR) is 586 cm³/mol. The van der Waals surface area contributed by atoms with Gasteiger partial charge in [0, 0.05) is 54.2 Å². The molecule has 0 amide bonds. The first-order chi connectivity index (χ1) is 68.3. The number of aromatic nitrogens is 6. The molecule has 0 bridgehead atoms. The average Bonchev–Trinajstić information content (AvgIpc) is 0.799. The Balaban J connectivity index is 0.000000144. The molecule has 141 heavy (non-hydrogen) atoms. The summed E-state index contributed by atoms with van der Waals surface area (Å²) in [6.45, 7) is 28.2. The van der Waals surface area contributed by atoms with Crippen molar-refractivity contribution in [2.24, 2.45) is 11.8 Å². The first-order valence-electron chi connectivity index (χ1n) is 46.6. The van der Waals surface area contributed by atoms with Gasteiger partial charge >= 0.3 is 40.2 Å². The molecule has 0 radical (unpaired) electrons. The van der Waals surface area contributed by atoms with Gasteiger partial charge < -0.3 is 34.8 Å². The zero-order valence-corrected chi connectivity index (χ0v) is 84.3. The van der Waals surface area contributed by atoms with E-state index in [0.29, 0.717) is 11.8 Å². The molecule has 9 heteroatoms. The maximum atomic E-state index is 4.52. The van der Waals surface area contributed by atoms with Crippen molar-refractivity contribution in [1.29, 1.82) is 0 Å². The van der Waals surface area contributed by atoms with Crippen molar-refractivity contribution in [2.45, 2.75) is 40.5 Å². The van der Waals surface area contributed by atoms with Crippen molar-refractivity contribution in [3.63, 3.8) is 0 Å². The molecule has 0 fully saturated rings. The molecule has 0 aliphatic heterocycles. The number of anilines is 3. The van der Waals surface area contributed by atoms with Gasteiger partial charge in [0.2, 0.25) is 0 Å². The van der Waals surface area contributed by atoms with Crippen LogP contribution in [0.15, 0.2) is 483 Å². The predicted octanol–water partition coefficient (Wildman–Crippen LogP) is 34.4. The van der Waals surface area contributed by atoms with Crippen molar-refractivity contribution in [2.75, 3.05) is 4.90 Å². The van der Waals surface area contributed by atoms with Gasteiger partial charge in [-0.3, -0.25) is 0 Å². The fourth-order valence-electron chi connectivity index (χ4n) is 15.7. The molecule has 0 saturated carbocycles. The molecule has 6 heterocycles. The van der Waals surface area contributed by atoms with E-state index < -0.39 is 0 Å². The molecule has 0 aliphatic rings. The second-order valence-electron chi connectivity index (χ2n) is 33.8. The molecule has 14 aromatic carbocycles. The van der Waals surface area contributed by atoms with E-state index in [-0.39, 0.29) is 40.2 Å². The maximum absolute atomic E-state index is 4.52. The maximum Gasteiger partial charge on any atom is 3.00 e.